The van der Waals surface area contributed by atoms with Crippen LogP contribution >= 0.6 is 55.1 Å². The van der Waals surface area contributed by atoms with E-state index in [2.05, 4.69) is 31.9 Å². The minimum Gasteiger partial charge on any atom is -0.495 e. The molecule has 1 atom stereocenters. The summed E-state index contributed by atoms with van der Waals surface area (Å²) in [4.78, 5) is 0.0458. The summed E-state index contributed by atoms with van der Waals surface area (Å²) in [7, 11) is 1.60. The van der Waals surface area contributed by atoms with Gasteiger partial charge >= 0.3 is 0 Å². The van der Waals surface area contributed by atoms with Crippen molar-refractivity contribution in [2.75, 3.05) is 7.11 Å². The van der Waals surface area contributed by atoms with E-state index < -0.39 is 0 Å². The Hall–Kier alpha value is -0.220. The predicted molar refractivity (Wildman–Crippen MR) is 87.9 cm³/mol. The number of rotatable bonds is 3. The Kier molecular flexibility index (Phi) is 5.18. The average molecular weight is 425 g/mol. The zero-order chi connectivity index (χ0) is 14.0. The fourth-order valence-corrected chi connectivity index (χ4v) is 3.05. The van der Waals surface area contributed by atoms with Gasteiger partial charge in [0.1, 0.15) is 5.75 Å². The molecule has 0 N–H and O–H groups in total. The normalized spacial score (nSPS) is 12.3. The highest BCUT2D eigenvalue weighted by molar-refractivity contribution is 9.10. The van der Waals surface area contributed by atoms with Crippen molar-refractivity contribution < 1.29 is 4.74 Å². The first kappa shape index (κ1) is 15.2. The Morgan fingerprint density at radius 3 is 2.21 bits per heavy atom. The summed E-state index contributed by atoms with van der Waals surface area (Å²) in [5, 5.41) is 1.29. The van der Waals surface area contributed by atoms with Gasteiger partial charge in [-0.1, -0.05) is 51.3 Å². The topological polar surface area (TPSA) is 9.23 Å². The molecule has 0 aromatic heterocycles. The number of benzene rings is 2. The second-order valence-electron chi connectivity index (χ2n) is 3.93. The molecule has 0 spiro atoms. The van der Waals surface area contributed by atoms with Crippen molar-refractivity contribution in [2.45, 2.75) is 4.83 Å². The third-order valence-corrected chi connectivity index (χ3v) is 5.27. The molecule has 0 aliphatic carbocycles. The number of alkyl halides is 1. The molecule has 0 heterocycles. The molecule has 0 fully saturated rings. The van der Waals surface area contributed by atoms with Gasteiger partial charge in [0.15, 0.2) is 0 Å². The quantitative estimate of drug-likeness (QED) is 0.529. The molecule has 2 aromatic carbocycles. The highest BCUT2D eigenvalue weighted by Gasteiger charge is 2.13. The lowest BCUT2D eigenvalue weighted by Crippen LogP contribution is -1.94. The van der Waals surface area contributed by atoms with E-state index in [1.165, 1.54) is 0 Å². The van der Waals surface area contributed by atoms with E-state index in [-0.39, 0.29) is 4.83 Å². The van der Waals surface area contributed by atoms with Gasteiger partial charge in [-0.25, -0.2) is 0 Å². The van der Waals surface area contributed by atoms with Crippen LogP contribution in [0.2, 0.25) is 10.0 Å². The van der Waals surface area contributed by atoms with E-state index in [1.807, 2.05) is 36.4 Å². The van der Waals surface area contributed by atoms with Crippen molar-refractivity contribution in [3.63, 3.8) is 0 Å². The van der Waals surface area contributed by atoms with Crippen LogP contribution in [-0.4, -0.2) is 7.11 Å². The van der Waals surface area contributed by atoms with Crippen LogP contribution in [0.15, 0.2) is 40.9 Å². The summed E-state index contributed by atoms with van der Waals surface area (Å²) in [6.45, 7) is 0. The molecule has 0 aliphatic heterocycles. The molecule has 19 heavy (non-hydrogen) atoms. The molecule has 1 unspecified atom stereocenters. The fraction of sp³-hybridized carbons (Fsp3) is 0.143. The largest absolute Gasteiger partial charge is 0.495 e. The zero-order valence-corrected chi connectivity index (χ0v) is 14.6. The first-order valence-electron chi connectivity index (χ1n) is 5.45. The Morgan fingerprint density at radius 2 is 1.63 bits per heavy atom. The zero-order valence-electron chi connectivity index (χ0n) is 9.96. The SMILES string of the molecule is COc1ccc(C(Br)c2ccc(Cl)c(Br)c2)cc1Cl. The van der Waals surface area contributed by atoms with Crippen LogP contribution in [-0.2, 0) is 0 Å². The summed E-state index contributed by atoms with van der Waals surface area (Å²) in [5.74, 6) is 0.669. The Morgan fingerprint density at radius 1 is 1.00 bits per heavy atom. The summed E-state index contributed by atoms with van der Waals surface area (Å²) >= 11 is 19.2. The predicted octanol–water partition coefficient (Wildman–Crippen LogP) is 6.25. The maximum absolute atomic E-state index is 6.14. The fourth-order valence-electron chi connectivity index (χ4n) is 1.70. The molecule has 0 saturated carbocycles. The Bertz CT molecular complexity index is 602. The van der Waals surface area contributed by atoms with E-state index in [0.717, 1.165) is 15.6 Å². The van der Waals surface area contributed by atoms with Crippen LogP contribution in [0.1, 0.15) is 16.0 Å². The van der Waals surface area contributed by atoms with Crippen LogP contribution in [0.4, 0.5) is 0 Å². The van der Waals surface area contributed by atoms with Gasteiger partial charge in [0.2, 0.25) is 0 Å². The van der Waals surface area contributed by atoms with Gasteiger partial charge in [-0.2, -0.15) is 0 Å². The lowest BCUT2D eigenvalue weighted by Gasteiger charge is -2.13. The molecule has 1 nitrogen and oxygen atoms in total. The summed E-state index contributed by atoms with van der Waals surface area (Å²) < 4.78 is 6.02. The Labute approximate surface area is 139 Å². The van der Waals surface area contributed by atoms with Gasteiger partial charge in [0, 0.05) is 4.47 Å². The van der Waals surface area contributed by atoms with Crippen molar-refractivity contribution in [2.24, 2.45) is 0 Å². The van der Waals surface area contributed by atoms with E-state index in [1.54, 1.807) is 7.11 Å². The monoisotopic (exact) mass is 422 g/mol. The number of methoxy groups -OCH3 is 1. The minimum absolute atomic E-state index is 0.0458. The molecule has 5 heteroatoms. The van der Waals surface area contributed by atoms with Gasteiger partial charge in [-0.15, -0.1) is 0 Å². The summed E-state index contributed by atoms with van der Waals surface area (Å²) in [6.07, 6.45) is 0. The molecule has 0 radical (unpaired) electrons. The molecule has 0 amide bonds. The summed E-state index contributed by atoms with van der Waals surface area (Å²) in [6, 6.07) is 11.6. The molecule has 2 aromatic rings. The highest BCUT2D eigenvalue weighted by Crippen LogP contribution is 2.37. The van der Waals surface area contributed by atoms with E-state index in [0.29, 0.717) is 15.8 Å². The lowest BCUT2D eigenvalue weighted by molar-refractivity contribution is 0.415. The molecule has 0 aliphatic rings. The standard InChI is InChI=1S/C14H10Br2Cl2O/c1-19-13-5-3-9(7-12(13)18)14(16)8-2-4-11(17)10(15)6-8/h2-7,14H,1H3. The molecule has 0 bridgehead atoms. The maximum atomic E-state index is 6.14. The number of hydrogen-bond donors (Lipinski definition) is 0. The number of hydrogen-bond acceptors (Lipinski definition) is 1. The molecular formula is C14H10Br2Cl2O. The second kappa shape index (κ2) is 6.49. The van der Waals surface area contributed by atoms with Gasteiger partial charge in [0.05, 0.1) is 22.0 Å². The van der Waals surface area contributed by atoms with Crippen molar-refractivity contribution in [3.05, 3.63) is 62.0 Å². The first-order chi connectivity index (χ1) is 9.02. The third kappa shape index (κ3) is 3.46. The van der Waals surface area contributed by atoms with Gasteiger partial charge in [-0.3, -0.25) is 0 Å². The molecule has 100 valence electrons. The second-order valence-corrected chi connectivity index (χ2v) is 6.51. The molecule has 2 rings (SSSR count). The van der Waals surface area contributed by atoms with Crippen LogP contribution < -0.4 is 4.74 Å². The molecular weight excluding hydrogens is 415 g/mol. The lowest BCUT2D eigenvalue weighted by atomic mass is 10.0. The van der Waals surface area contributed by atoms with E-state index in [9.17, 15) is 0 Å². The van der Waals surface area contributed by atoms with Crippen LogP contribution in [0, 0.1) is 0 Å². The van der Waals surface area contributed by atoms with Gasteiger partial charge in [0.25, 0.3) is 0 Å². The van der Waals surface area contributed by atoms with Crippen molar-refractivity contribution in [1.29, 1.82) is 0 Å². The average Bonchev–Trinajstić information content (AvgIpc) is 2.41. The smallest absolute Gasteiger partial charge is 0.137 e. The van der Waals surface area contributed by atoms with Crippen LogP contribution in [0.3, 0.4) is 0 Å². The Balaban J connectivity index is 2.35. The van der Waals surface area contributed by atoms with Crippen molar-refractivity contribution >= 4 is 55.1 Å². The van der Waals surface area contributed by atoms with Gasteiger partial charge in [-0.05, 0) is 51.3 Å². The first-order valence-corrected chi connectivity index (χ1v) is 7.92. The summed E-state index contributed by atoms with van der Waals surface area (Å²) in [5.41, 5.74) is 2.15. The van der Waals surface area contributed by atoms with Crippen LogP contribution in [0.5, 0.6) is 5.75 Å². The molecule has 0 saturated heterocycles. The minimum atomic E-state index is 0.0458. The van der Waals surface area contributed by atoms with Crippen molar-refractivity contribution in [1.82, 2.24) is 0 Å². The maximum Gasteiger partial charge on any atom is 0.137 e. The van der Waals surface area contributed by atoms with Gasteiger partial charge < -0.3 is 4.74 Å². The third-order valence-electron chi connectivity index (χ3n) is 2.70. The van der Waals surface area contributed by atoms with Crippen LogP contribution in [0.25, 0.3) is 0 Å². The van der Waals surface area contributed by atoms with E-state index >= 15 is 0 Å². The number of halogens is 4. The number of ether oxygens (including phenoxy) is 1. The van der Waals surface area contributed by atoms with E-state index in [4.69, 9.17) is 27.9 Å². The highest BCUT2D eigenvalue weighted by atomic mass is 79.9. The van der Waals surface area contributed by atoms with Crippen molar-refractivity contribution in [3.8, 4) is 5.75 Å².